The SMILES string of the molecule is CC(C)S(=O)(=O)CCNCC1CCN(C)CC1. The summed E-state index contributed by atoms with van der Waals surface area (Å²) in [4.78, 5) is 2.35. The van der Waals surface area contributed by atoms with E-state index in [1.807, 2.05) is 0 Å². The van der Waals surface area contributed by atoms with Crippen molar-refractivity contribution >= 4 is 9.84 Å². The number of sulfone groups is 1. The van der Waals surface area contributed by atoms with Gasteiger partial charge >= 0.3 is 0 Å². The summed E-state index contributed by atoms with van der Waals surface area (Å²) in [6.07, 6.45) is 2.45. The molecule has 0 radical (unpaired) electrons. The van der Waals surface area contributed by atoms with Gasteiger partial charge in [0.1, 0.15) is 0 Å². The van der Waals surface area contributed by atoms with Gasteiger partial charge in [-0.25, -0.2) is 8.42 Å². The molecule has 0 aliphatic carbocycles. The fourth-order valence-electron chi connectivity index (χ4n) is 2.02. The first-order valence-corrected chi connectivity index (χ1v) is 8.24. The highest BCUT2D eigenvalue weighted by Crippen LogP contribution is 2.14. The zero-order chi connectivity index (χ0) is 12.9. The molecule has 1 fully saturated rings. The molecular formula is C12H26N2O2S. The molecule has 0 bridgehead atoms. The minimum absolute atomic E-state index is 0.257. The lowest BCUT2D eigenvalue weighted by Crippen LogP contribution is -2.36. The third-order valence-corrected chi connectivity index (χ3v) is 5.76. The normalized spacial score (nSPS) is 20.0. The molecule has 1 rings (SSSR count). The zero-order valence-corrected chi connectivity index (χ0v) is 12.1. The van der Waals surface area contributed by atoms with Crippen LogP contribution < -0.4 is 5.32 Å². The minimum atomic E-state index is -2.88. The minimum Gasteiger partial charge on any atom is -0.315 e. The summed E-state index contributed by atoms with van der Waals surface area (Å²) in [7, 11) is -0.729. The molecule has 1 aliphatic rings. The Balaban J connectivity index is 2.12. The second-order valence-corrected chi connectivity index (χ2v) is 8.04. The summed E-state index contributed by atoms with van der Waals surface area (Å²) in [5.41, 5.74) is 0. The van der Waals surface area contributed by atoms with Gasteiger partial charge in [-0.1, -0.05) is 0 Å². The molecule has 102 valence electrons. The first kappa shape index (κ1) is 14.9. The maximum Gasteiger partial charge on any atom is 0.153 e. The molecule has 0 atom stereocenters. The molecule has 17 heavy (non-hydrogen) atoms. The summed E-state index contributed by atoms with van der Waals surface area (Å²) in [6, 6.07) is 0. The molecule has 1 aliphatic heterocycles. The summed E-state index contributed by atoms with van der Waals surface area (Å²) in [6.45, 7) is 7.36. The highest BCUT2D eigenvalue weighted by Gasteiger charge is 2.18. The van der Waals surface area contributed by atoms with Crippen LogP contribution >= 0.6 is 0 Å². The molecule has 4 nitrogen and oxygen atoms in total. The number of piperidine rings is 1. The third kappa shape index (κ3) is 5.36. The van der Waals surface area contributed by atoms with Gasteiger partial charge in [-0.05, 0) is 59.3 Å². The summed E-state index contributed by atoms with van der Waals surface area (Å²) in [5, 5.41) is 3.03. The van der Waals surface area contributed by atoms with Gasteiger partial charge in [0.15, 0.2) is 9.84 Å². The van der Waals surface area contributed by atoms with Gasteiger partial charge in [0.25, 0.3) is 0 Å². The molecule has 0 saturated carbocycles. The van der Waals surface area contributed by atoms with Gasteiger partial charge in [-0.3, -0.25) is 0 Å². The fourth-order valence-corrected chi connectivity index (χ4v) is 2.92. The van der Waals surface area contributed by atoms with Crippen LogP contribution in [0.25, 0.3) is 0 Å². The van der Waals surface area contributed by atoms with Gasteiger partial charge in [0, 0.05) is 6.54 Å². The zero-order valence-electron chi connectivity index (χ0n) is 11.3. The van der Waals surface area contributed by atoms with Crippen LogP contribution in [-0.4, -0.2) is 57.5 Å². The van der Waals surface area contributed by atoms with Crippen LogP contribution in [0.15, 0.2) is 0 Å². The molecule has 0 aromatic rings. The average molecular weight is 262 g/mol. The standard InChI is InChI=1S/C12H26N2O2S/c1-11(2)17(15,16)9-6-13-10-12-4-7-14(3)8-5-12/h11-13H,4-10H2,1-3H3. The van der Waals surface area contributed by atoms with Crippen molar-refractivity contribution in [1.82, 2.24) is 10.2 Å². The Labute approximate surface area is 106 Å². The van der Waals surface area contributed by atoms with Crippen LogP contribution in [0.4, 0.5) is 0 Å². The van der Waals surface area contributed by atoms with Crippen molar-refractivity contribution in [2.75, 3.05) is 39.0 Å². The van der Waals surface area contributed by atoms with E-state index < -0.39 is 9.84 Å². The second-order valence-electron chi connectivity index (χ2n) is 5.37. The molecular weight excluding hydrogens is 236 g/mol. The van der Waals surface area contributed by atoms with Gasteiger partial charge < -0.3 is 10.2 Å². The van der Waals surface area contributed by atoms with Gasteiger partial charge in [-0.15, -0.1) is 0 Å². The largest absolute Gasteiger partial charge is 0.315 e. The van der Waals surface area contributed by atoms with E-state index in [0.717, 1.165) is 19.6 Å². The number of hydrogen-bond donors (Lipinski definition) is 1. The Bertz CT molecular complexity index is 306. The van der Waals surface area contributed by atoms with Crippen molar-refractivity contribution in [2.24, 2.45) is 5.92 Å². The molecule has 0 amide bonds. The van der Waals surface area contributed by atoms with Crippen LogP contribution in [0.5, 0.6) is 0 Å². The van der Waals surface area contributed by atoms with E-state index in [1.54, 1.807) is 13.8 Å². The number of hydrogen-bond acceptors (Lipinski definition) is 4. The predicted octanol–water partition coefficient (Wildman–Crippen LogP) is 0.741. The van der Waals surface area contributed by atoms with Crippen LogP contribution in [0, 0.1) is 5.92 Å². The maximum absolute atomic E-state index is 11.6. The Hall–Kier alpha value is -0.130. The predicted molar refractivity (Wildman–Crippen MR) is 72.0 cm³/mol. The molecule has 0 spiro atoms. The summed E-state index contributed by atoms with van der Waals surface area (Å²) < 4.78 is 23.2. The molecule has 1 N–H and O–H groups in total. The Morgan fingerprint density at radius 2 is 1.88 bits per heavy atom. The van der Waals surface area contributed by atoms with Gasteiger partial charge in [-0.2, -0.15) is 0 Å². The third-order valence-electron chi connectivity index (χ3n) is 3.55. The van der Waals surface area contributed by atoms with E-state index in [1.165, 1.54) is 12.8 Å². The summed E-state index contributed by atoms with van der Waals surface area (Å²) in [5.74, 6) is 0.977. The number of nitrogens with one attached hydrogen (secondary N) is 1. The molecule has 5 heteroatoms. The lowest BCUT2D eigenvalue weighted by atomic mass is 9.97. The highest BCUT2D eigenvalue weighted by molar-refractivity contribution is 7.92. The Morgan fingerprint density at radius 3 is 2.41 bits per heavy atom. The molecule has 0 unspecified atom stereocenters. The van der Waals surface area contributed by atoms with Gasteiger partial charge in [0.2, 0.25) is 0 Å². The smallest absolute Gasteiger partial charge is 0.153 e. The average Bonchev–Trinajstić information content (AvgIpc) is 2.26. The van der Waals surface area contributed by atoms with E-state index in [-0.39, 0.29) is 11.0 Å². The number of nitrogens with zero attached hydrogens (tertiary/aromatic N) is 1. The quantitative estimate of drug-likeness (QED) is 0.717. The number of likely N-dealkylation sites (tertiary alicyclic amines) is 1. The molecule has 0 aromatic carbocycles. The van der Waals surface area contributed by atoms with Crippen molar-refractivity contribution in [3.63, 3.8) is 0 Å². The Morgan fingerprint density at radius 1 is 1.29 bits per heavy atom. The monoisotopic (exact) mass is 262 g/mol. The Kier molecular flexibility index (Phi) is 5.89. The van der Waals surface area contributed by atoms with Crippen LogP contribution in [0.1, 0.15) is 26.7 Å². The summed E-state index contributed by atoms with van der Waals surface area (Å²) >= 11 is 0. The molecule has 1 heterocycles. The molecule has 0 aromatic heterocycles. The van der Waals surface area contributed by atoms with Crippen LogP contribution in [0.2, 0.25) is 0 Å². The topological polar surface area (TPSA) is 49.4 Å². The first-order valence-electron chi connectivity index (χ1n) is 6.52. The van der Waals surface area contributed by atoms with E-state index in [0.29, 0.717) is 12.5 Å². The van der Waals surface area contributed by atoms with Crippen molar-refractivity contribution in [2.45, 2.75) is 31.9 Å². The van der Waals surface area contributed by atoms with E-state index in [9.17, 15) is 8.42 Å². The lowest BCUT2D eigenvalue weighted by Gasteiger charge is -2.29. The fraction of sp³-hybridized carbons (Fsp3) is 1.00. The lowest BCUT2D eigenvalue weighted by molar-refractivity contribution is 0.217. The maximum atomic E-state index is 11.6. The van der Waals surface area contributed by atoms with E-state index in [2.05, 4.69) is 17.3 Å². The van der Waals surface area contributed by atoms with Crippen LogP contribution in [0.3, 0.4) is 0 Å². The van der Waals surface area contributed by atoms with Gasteiger partial charge in [0.05, 0.1) is 11.0 Å². The van der Waals surface area contributed by atoms with Crippen LogP contribution in [-0.2, 0) is 9.84 Å². The van der Waals surface area contributed by atoms with Crippen molar-refractivity contribution in [3.8, 4) is 0 Å². The van der Waals surface area contributed by atoms with Crippen molar-refractivity contribution in [1.29, 1.82) is 0 Å². The number of rotatable bonds is 6. The van der Waals surface area contributed by atoms with Crippen molar-refractivity contribution in [3.05, 3.63) is 0 Å². The molecule has 1 saturated heterocycles. The highest BCUT2D eigenvalue weighted by atomic mass is 32.2. The second kappa shape index (κ2) is 6.71. The van der Waals surface area contributed by atoms with E-state index in [4.69, 9.17) is 0 Å². The van der Waals surface area contributed by atoms with E-state index >= 15 is 0 Å². The first-order chi connectivity index (χ1) is 7.92. The van der Waals surface area contributed by atoms with Crippen molar-refractivity contribution < 1.29 is 8.42 Å².